The van der Waals surface area contributed by atoms with E-state index in [4.69, 9.17) is 16.0 Å². The Morgan fingerprint density at radius 3 is 2.20 bits per heavy atom. The number of aliphatic hydroxyl groups is 1. The molecule has 1 saturated carbocycles. The molecule has 0 unspecified atom stereocenters. The van der Waals surface area contributed by atoms with Crippen molar-refractivity contribution in [2.45, 2.75) is 30.8 Å². The van der Waals surface area contributed by atoms with Crippen molar-refractivity contribution in [3.05, 3.63) is 131 Å². The number of rotatable bonds is 5. The Morgan fingerprint density at radius 2 is 1.50 bits per heavy atom. The maximum atomic E-state index is 15.1. The molecule has 0 bridgehead atoms. The first-order valence-electron chi connectivity index (χ1n) is 15.4. The number of anilines is 2. The molecule has 1 N–H and O–H groups in total. The normalized spacial score (nSPS) is 28.7. The van der Waals surface area contributed by atoms with E-state index in [1.54, 1.807) is 60.7 Å². The van der Waals surface area contributed by atoms with Crippen molar-refractivity contribution in [1.29, 1.82) is 0 Å². The molecule has 230 valence electrons. The molecule has 4 aromatic rings. The number of hydrogen-bond donors (Lipinski definition) is 1. The number of hydrogen-bond acceptors (Lipinski definition) is 6. The van der Waals surface area contributed by atoms with Crippen LogP contribution in [0.25, 0.3) is 0 Å². The van der Waals surface area contributed by atoms with Crippen molar-refractivity contribution in [3.8, 4) is 0 Å². The first-order chi connectivity index (χ1) is 22.4. The monoisotopic (exact) mass is 632 g/mol. The third-order valence-corrected chi connectivity index (χ3v) is 10.5. The number of allylic oxidation sites excluding steroid dienone is 2. The highest BCUT2D eigenvalue weighted by atomic mass is 35.5. The van der Waals surface area contributed by atoms with Gasteiger partial charge in [0.05, 0.1) is 35.0 Å². The first kappa shape index (κ1) is 28.7. The van der Waals surface area contributed by atoms with Crippen LogP contribution in [-0.4, -0.2) is 28.7 Å². The van der Waals surface area contributed by atoms with Crippen LogP contribution in [0.15, 0.2) is 113 Å². The Kier molecular flexibility index (Phi) is 6.63. The van der Waals surface area contributed by atoms with E-state index in [-0.39, 0.29) is 24.8 Å². The van der Waals surface area contributed by atoms with Gasteiger partial charge < -0.3 is 9.52 Å². The molecule has 2 saturated heterocycles. The lowest BCUT2D eigenvalue weighted by Crippen LogP contribution is -2.53. The second kappa shape index (κ2) is 10.6. The standard InChI is InChI=1S/C37H29ClN2O6/c38-22-10-7-13-24(18-22)40-34(43)29-19-28-26(15-16-27-31(28)35(44)39(33(27)42)23-11-5-2-6-12-23)32(30-17-14-25(20-41)46-30)37(29,36(40)45)21-8-3-1-4-9-21/h1-15,17-18,27-29,31-32,41H,16,19-20H2/t27-,28+,29-,31-,32+,37+/m0/s1. The number of nitrogens with zero attached hydrogens (tertiary/aromatic N) is 2. The summed E-state index contributed by atoms with van der Waals surface area (Å²) in [6, 6.07) is 28.2. The van der Waals surface area contributed by atoms with Crippen LogP contribution in [-0.2, 0) is 31.2 Å². The number of carbonyl (C=O) groups excluding carboxylic acids is 4. The summed E-state index contributed by atoms with van der Waals surface area (Å²) in [7, 11) is 0. The quantitative estimate of drug-likeness (QED) is 0.220. The Morgan fingerprint density at radius 1 is 0.783 bits per heavy atom. The van der Waals surface area contributed by atoms with Crippen molar-refractivity contribution < 1.29 is 28.7 Å². The lowest BCUT2D eigenvalue weighted by Gasteiger charge is -2.49. The van der Waals surface area contributed by atoms with Gasteiger partial charge in [-0.3, -0.25) is 24.1 Å². The molecule has 1 aromatic heterocycles. The average Bonchev–Trinajstić information content (AvgIpc) is 3.72. The summed E-state index contributed by atoms with van der Waals surface area (Å²) in [6.07, 6.45) is 2.48. The van der Waals surface area contributed by atoms with Crippen LogP contribution in [0.1, 0.15) is 35.8 Å². The van der Waals surface area contributed by atoms with Crippen molar-refractivity contribution in [2.24, 2.45) is 23.7 Å². The number of carbonyl (C=O) groups is 4. The smallest absolute Gasteiger partial charge is 0.246 e. The topological polar surface area (TPSA) is 108 Å². The Bertz CT molecular complexity index is 1940. The molecule has 4 aliphatic rings. The van der Waals surface area contributed by atoms with Crippen LogP contribution >= 0.6 is 11.6 Å². The highest BCUT2D eigenvalue weighted by Gasteiger charge is 2.71. The van der Waals surface area contributed by atoms with E-state index < -0.39 is 46.8 Å². The van der Waals surface area contributed by atoms with Crippen LogP contribution in [0.2, 0.25) is 5.02 Å². The SMILES string of the molecule is O=C1[C@H]2[C@H](CC=C3[C@H]2C[C@H]2C(=O)N(c4cccc(Cl)c4)C(=O)[C@@]2(c2ccccc2)[C@H]3c2ccc(CO)o2)C(=O)N1c1ccccc1. The molecule has 0 spiro atoms. The fraction of sp³-hybridized carbons (Fsp3) is 0.243. The number of fused-ring (bicyclic) bond motifs is 4. The maximum absolute atomic E-state index is 15.1. The molecule has 3 aromatic carbocycles. The number of amides is 4. The van der Waals surface area contributed by atoms with Gasteiger partial charge in [0.2, 0.25) is 23.6 Å². The highest BCUT2D eigenvalue weighted by molar-refractivity contribution is 6.32. The van der Waals surface area contributed by atoms with Crippen molar-refractivity contribution >= 4 is 46.6 Å². The van der Waals surface area contributed by atoms with E-state index in [9.17, 15) is 19.5 Å². The number of benzene rings is 3. The predicted molar refractivity (Wildman–Crippen MR) is 170 cm³/mol. The van der Waals surface area contributed by atoms with E-state index in [1.165, 1.54) is 9.80 Å². The molecule has 0 radical (unpaired) electrons. The number of para-hydroxylation sites is 1. The van der Waals surface area contributed by atoms with E-state index >= 15 is 4.79 Å². The first-order valence-corrected chi connectivity index (χ1v) is 15.8. The third-order valence-electron chi connectivity index (χ3n) is 10.3. The second-order valence-electron chi connectivity index (χ2n) is 12.4. The molecule has 6 atom stereocenters. The van der Waals surface area contributed by atoms with Crippen LogP contribution in [0, 0.1) is 23.7 Å². The van der Waals surface area contributed by atoms with Crippen LogP contribution in [0.4, 0.5) is 11.4 Å². The van der Waals surface area contributed by atoms with Gasteiger partial charge in [0.25, 0.3) is 0 Å². The molecule has 3 heterocycles. The van der Waals surface area contributed by atoms with Gasteiger partial charge in [-0.1, -0.05) is 77.8 Å². The summed E-state index contributed by atoms with van der Waals surface area (Å²) in [6.45, 7) is -0.345. The fourth-order valence-electron chi connectivity index (χ4n) is 8.52. The zero-order valence-electron chi connectivity index (χ0n) is 24.6. The molecule has 8 rings (SSSR count). The minimum Gasteiger partial charge on any atom is -0.463 e. The third kappa shape index (κ3) is 3.90. The molecule has 4 amide bonds. The Hall–Kier alpha value is -4.79. The van der Waals surface area contributed by atoms with Gasteiger partial charge in [-0.15, -0.1) is 0 Å². The Balaban J connectivity index is 1.35. The van der Waals surface area contributed by atoms with Gasteiger partial charge in [0.15, 0.2) is 0 Å². The number of furan rings is 1. The minimum atomic E-state index is -1.43. The van der Waals surface area contributed by atoms with Gasteiger partial charge >= 0.3 is 0 Å². The molecule has 8 nitrogen and oxygen atoms in total. The van der Waals surface area contributed by atoms with Gasteiger partial charge in [0.1, 0.15) is 23.5 Å². The summed E-state index contributed by atoms with van der Waals surface area (Å²) >= 11 is 6.35. The summed E-state index contributed by atoms with van der Waals surface area (Å²) in [5.41, 5.74) is 0.892. The van der Waals surface area contributed by atoms with E-state index in [0.29, 0.717) is 39.9 Å². The van der Waals surface area contributed by atoms with E-state index in [0.717, 1.165) is 5.57 Å². The average molecular weight is 633 g/mol. The zero-order chi connectivity index (χ0) is 31.7. The summed E-state index contributed by atoms with van der Waals surface area (Å²) < 4.78 is 6.21. The highest BCUT2D eigenvalue weighted by Crippen LogP contribution is 2.64. The molecule has 2 aliphatic carbocycles. The molecular weight excluding hydrogens is 604 g/mol. The van der Waals surface area contributed by atoms with Crippen LogP contribution < -0.4 is 9.80 Å². The minimum absolute atomic E-state index is 0.190. The summed E-state index contributed by atoms with van der Waals surface area (Å²) in [5.74, 6) is -4.12. The number of halogens is 1. The van der Waals surface area contributed by atoms with Gasteiger partial charge in [0, 0.05) is 5.02 Å². The van der Waals surface area contributed by atoms with Crippen LogP contribution in [0.3, 0.4) is 0 Å². The van der Waals surface area contributed by atoms with E-state index in [1.807, 2.05) is 42.5 Å². The lowest BCUT2D eigenvalue weighted by molar-refractivity contribution is -0.127. The number of aliphatic hydroxyl groups excluding tert-OH is 1. The van der Waals surface area contributed by atoms with Crippen molar-refractivity contribution in [2.75, 3.05) is 9.80 Å². The van der Waals surface area contributed by atoms with Gasteiger partial charge in [-0.05, 0) is 66.8 Å². The lowest BCUT2D eigenvalue weighted by atomic mass is 9.50. The largest absolute Gasteiger partial charge is 0.463 e. The number of imide groups is 2. The predicted octanol–water partition coefficient (Wildman–Crippen LogP) is 5.79. The summed E-state index contributed by atoms with van der Waals surface area (Å²) in [4.78, 5) is 60.4. The fourth-order valence-corrected chi connectivity index (χ4v) is 8.70. The van der Waals surface area contributed by atoms with Crippen molar-refractivity contribution in [3.63, 3.8) is 0 Å². The second-order valence-corrected chi connectivity index (χ2v) is 12.8. The molecule has 3 fully saturated rings. The summed E-state index contributed by atoms with van der Waals surface area (Å²) in [5, 5.41) is 10.3. The van der Waals surface area contributed by atoms with E-state index in [2.05, 4.69) is 0 Å². The Labute approximate surface area is 269 Å². The van der Waals surface area contributed by atoms with Crippen molar-refractivity contribution in [1.82, 2.24) is 0 Å². The maximum Gasteiger partial charge on any atom is 0.246 e. The van der Waals surface area contributed by atoms with Gasteiger partial charge in [-0.2, -0.15) is 0 Å². The molecular formula is C37H29ClN2O6. The molecule has 2 aliphatic heterocycles. The molecule has 9 heteroatoms. The van der Waals surface area contributed by atoms with Gasteiger partial charge in [-0.25, -0.2) is 4.90 Å². The molecule has 46 heavy (non-hydrogen) atoms. The zero-order valence-corrected chi connectivity index (χ0v) is 25.3. The van der Waals surface area contributed by atoms with Crippen LogP contribution in [0.5, 0.6) is 0 Å².